The van der Waals surface area contributed by atoms with Crippen LogP contribution in [0.5, 0.6) is 0 Å². The Morgan fingerprint density at radius 2 is 2.24 bits per heavy atom. The standard InChI is InChI=1S/C18H18N4O3/c1-3-16-21-17(22-25-16)12-4-6-13-11(8-12)5-7-15(13)20-18(23)14-9-19-24-10(14)2/h4,6,8-9,15H,3,5,7H2,1-2H3,(H,20,23)/t15-/m1/s1. The largest absolute Gasteiger partial charge is 0.361 e. The summed E-state index contributed by atoms with van der Waals surface area (Å²) in [4.78, 5) is 16.7. The summed E-state index contributed by atoms with van der Waals surface area (Å²) in [7, 11) is 0. The first-order chi connectivity index (χ1) is 12.2. The summed E-state index contributed by atoms with van der Waals surface area (Å²) < 4.78 is 10.1. The highest BCUT2D eigenvalue weighted by atomic mass is 16.5. The molecule has 1 aliphatic rings. The molecule has 0 unspecified atom stereocenters. The van der Waals surface area contributed by atoms with Crippen molar-refractivity contribution in [2.75, 3.05) is 0 Å². The van der Waals surface area contributed by atoms with Gasteiger partial charge in [-0.3, -0.25) is 4.79 Å². The van der Waals surface area contributed by atoms with Gasteiger partial charge in [-0.25, -0.2) is 0 Å². The molecule has 0 saturated heterocycles. The Labute approximate surface area is 144 Å². The zero-order chi connectivity index (χ0) is 17.4. The van der Waals surface area contributed by atoms with Gasteiger partial charge in [0, 0.05) is 12.0 Å². The molecule has 128 valence electrons. The van der Waals surface area contributed by atoms with E-state index in [0.29, 0.717) is 29.5 Å². The van der Waals surface area contributed by atoms with Crippen molar-refractivity contribution in [3.63, 3.8) is 0 Å². The van der Waals surface area contributed by atoms with E-state index in [1.54, 1.807) is 6.92 Å². The molecule has 0 bridgehead atoms. The Morgan fingerprint density at radius 3 is 2.96 bits per heavy atom. The maximum absolute atomic E-state index is 12.4. The molecule has 0 saturated carbocycles. The number of aryl methyl sites for hydroxylation is 3. The van der Waals surface area contributed by atoms with E-state index in [1.165, 1.54) is 11.8 Å². The number of nitrogens with zero attached hydrogens (tertiary/aromatic N) is 3. The zero-order valence-corrected chi connectivity index (χ0v) is 14.1. The third-order valence-corrected chi connectivity index (χ3v) is 4.55. The minimum atomic E-state index is -0.161. The lowest BCUT2D eigenvalue weighted by Crippen LogP contribution is -2.27. The average Bonchev–Trinajstić information content (AvgIpc) is 3.34. The van der Waals surface area contributed by atoms with Crippen LogP contribution in [0.2, 0.25) is 0 Å². The molecule has 3 aromatic rings. The Morgan fingerprint density at radius 1 is 1.36 bits per heavy atom. The minimum absolute atomic E-state index is 0.0117. The number of rotatable bonds is 4. The third kappa shape index (κ3) is 2.82. The first-order valence-corrected chi connectivity index (χ1v) is 8.33. The van der Waals surface area contributed by atoms with Crippen molar-refractivity contribution in [1.82, 2.24) is 20.6 Å². The number of hydrogen-bond donors (Lipinski definition) is 1. The second-order valence-electron chi connectivity index (χ2n) is 6.14. The summed E-state index contributed by atoms with van der Waals surface area (Å²) in [6.07, 6.45) is 3.93. The fourth-order valence-corrected chi connectivity index (χ4v) is 3.17. The molecule has 25 heavy (non-hydrogen) atoms. The van der Waals surface area contributed by atoms with Crippen LogP contribution in [0.15, 0.2) is 33.4 Å². The molecule has 7 nitrogen and oxygen atoms in total. The van der Waals surface area contributed by atoms with Crippen molar-refractivity contribution in [2.24, 2.45) is 0 Å². The highest BCUT2D eigenvalue weighted by molar-refractivity contribution is 5.95. The van der Waals surface area contributed by atoms with Crippen LogP contribution >= 0.6 is 0 Å². The monoisotopic (exact) mass is 338 g/mol. The van der Waals surface area contributed by atoms with Crippen molar-refractivity contribution >= 4 is 5.91 Å². The molecule has 0 fully saturated rings. The molecule has 4 rings (SSSR count). The Kier molecular flexibility index (Phi) is 3.83. The molecule has 1 N–H and O–H groups in total. The predicted molar refractivity (Wildman–Crippen MR) is 88.9 cm³/mol. The normalized spacial score (nSPS) is 16.0. The summed E-state index contributed by atoms with van der Waals surface area (Å²) in [6.45, 7) is 3.71. The second-order valence-corrected chi connectivity index (χ2v) is 6.14. The number of carbonyl (C=O) groups is 1. The molecule has 1 amide bonds. The summed E-state index contributed by atoms with van der Waals surface area (Å²) in [5, 5.41) is 10.7. The lowest BCUT2D eigenvalue weighted by atomic mass is 10.0. The zero-order valence-electron chi connectivity index (χ0n) is 14.1. The maximum Gasteiger partial charge on any atom is 0.256 e. The van der Waals surface area contributed by atoms with Gasteiger partial charge in [0.1, 0.15) is 11.3 Å². The lowest BCUT2D eigenvalue weighted by molar-refractivity contribution is 0.0935. The predicted octanol–water partition coefficient (Wildman–Crippen LogP) is 3.01. The molecular weight excluding hydrogens is 320 g/mol. The quantitative estimate of drug-likeness (QED) is 0.786. The molecule has 0 aliphatic heterocycles. The van der Waals surface area contributed by atoms with Crippen molar-refractivity contribution < 1.29 is 13.8 Å². The molecule has 0 spiro atoms. The smallest absolute Gasteiger partial charge is 0.256 e. The van der Waals surface area contributed by atoms with Gasteiger partial charge in [0.25, 0.3) is 5.91 Å². The number of aromatic nitrogens is 3. The topological polar surface area (TPSA) is 94.1 Å². The molecule has 2 heterocycles. The molecule has 7 heteroatoms. The van der Waals surface area contributed by atoms with Crippen LogP contribution < -0.4 is 5.32 Å². The van der Waals surface area contributed by atoms with Gasteiger partial charge in [0.15, 0.2) is 0 Å². The second kappa shape index (κ2) is 6.16. The molecule has 1 aliphatic carbocycles. The Balaban J connectivity index is 1.55. The van der Waals surface area contributed by atoms with Gasteiger partial charge in [-0.05, 0) is 37.0 Å². The van der Waals surface area contributed by atoms with Crippen LogP contribution in [0.3, 0.4) is 0 Å². The van der Waals surface area contributed by atoms with Gasteiger partial charge in [-0.15, -0.1) is 0 Å². The van der Waals surface area contributed by atoms with E-state index in [2.05, 4.69) is 26.7 Å². The van der Waals surface area contributed by atoms with Crippen molar-refractivity contribution in [3.05, 3.63) is 52.7 Å². The van der Waals surface area contributed by atoms with Gasteiger partial charge in [0.2, 0.25) is 11.7 Å². The van der Waals surface area contributed by atoms with E-state index in [-0.39, 0.29) is 11.9 Å². The van der Waals surface area contributed by atoms with Crippen LogP contribution in [0.4, 0.5) is 0 Å². The number of hydrogen-bond acceptors (Lipinski definition) is 6. The summed E-state index contributed by atoms with van der Waals surface area (Å²) in [5.41, 5.74) is 3.74. The van der Waals surface area contributed by atoms with Gasteiger partial charge in [-0.2, -0.15) is 4.98 Å². The van der Waals surface area contributed by atoms with Gasteiger partial charge >= 0.3 is 0 Å². The number of carbonyl (C=O) groups excluding carboxylic acids is 1. The van der Waals surface area contributed by atoms with Gasteiger partial charge in [0.05, 0.1) is 12.2 Å². The van der Waals surface area contributed by atoms with Crippen LogP contribution in [0, 0.1) is 6.92 Å². The van der Waals surface area contributed by atoms with Crippen LogP contribution in [0.1, 0.15) is 52.5 Å². The summed E-state index contributed by atoms with van der Waals surface area (Å²) in [6, 6.07) is 6.07. The van der Waals surface area contributed by atoms with Crippen molar-refractivity contribution in [2.45, 2.75) is 39.2 Å². The number of nitrogens with one attached hydrogen (secondary N) is 1. The highest BCUT2D eigenvalue weighted by Crippen LogP contribution is 2.34. The van der Waals surface area contributed by atoms with Gasteiger partial charge < -0.3 is 14.4 Å². The van der Waals surface area contributed by atoms with E-state index < -0.39 is 0 Å². The van der Waals surface area contributed by atoms with E-state index in [9.17, 15) is 4.79 Å². The van der Waals surface area contributed by atoms with E-state index >= 15 is 0 Å². The van der Waals surface area contributed by atoms with Crippen LogP contribution in [-0.4, -0.2) is 21.2 Å². The summed E-state index contributed by atoms with van der Waals surface area (Å²) >= 11 is 0. The Hall–Kier alpha value is -2.96. The fourth-order valence-electron chi connectivity index (χ4n) is 3.17. The average molecular weight is 338 g/mol. The molecule has 0 radical (unpaired) electrons. The minimum Gasteiger partial charge on any atom is -0.361 e. The molecular formula is C18H18N4O3. The first-order valence-electron chi connectivity index (χ1n) is 8.33. The first kappa shape index (κ1) is 15.6. The van der Waals surface area contributed by atoms with E-state index in [1.807, 2.05) is 19.1 Å². The van der Waals surface area contributed by atoms with E-state index in [4.69, 9.17) is 9.05 Å². The molecule has 2 aromatic heterocycles. The fraction of sp³-hybridized carbons (Fsp3) is 0.333. The molecule has 1 aromatic carbocycles. The summed E-state index contributed by atoms with van der Waals surface area (Å²) in [5.74, 6) is 1.60. The van der Waals surface area contributed by atoms with Crippen LogP contribution in [-0.2, 0) is 12.8 Å². The highest BCUT2D eigenvalue weighted by Gasteiger charge is 2.26. The van der Waals surface area contributed by atoms with Crippen LogP contribution in [0.25, 0.3) is 11.4 Å². The lowest BCUT2D eigenvalue weighted by Gasteiger charge is -2.13. The van der Waals surface area contributed by atoms with Crippen molar-refractivity contribution in [3.8, 4) is 11.4 Å². The number of amides is 1. The maximum atomic E-state index is 12.4. The number of fused-ring (bicyclic) bond motifs is 1. The number of benzene rings is 1. The van der Waals surface area contributed by atoms with E-state index in [0.717, 1.165) is 24.0 Å². The SMILES string of the molecule is CCc1nc(-c2ccc3c(c2)CC[C@H]3NC(=O)c2cnoc2C)no1. The van der Waals surface area contributed by atoms with Gasteiger partial charge in [-0.1, -0.05) is 29.4 Å². The third-order valence-electron chi connectivity index (χ3n) is 4.55. The molecule has 1 atom stereocenters. The van der Waals surface area contributed by atoms with Crippen molar-refractivity contribution in [1.29, 1.82) is 0 Å². The Bertz CT molecular complexity index is 928.